The van der Waals surface area contributed by atoms with Crippen LogP contribution >= 0.6 is 0 Å². The molecule has 0 saturated carbocycles. The molecule has 0 bridgehead atoms. The molecule has 0 atom stereocenters. The van der Waals surface area contributed by atoms with E-state index in [-0.39, 0.29) is 5.91 Å². The zero-order valence-corrected chi connectivity index (χ0v) is 13.5. The molecule has 0 saturated heterocycles. The fourth-order valence-electron chi connectivity index (χ4n) is 2.37. The average Bonchev–Trinajstić information content (AvgIpc) is 2.55. The Balaban J connectivity index is 2.00. The van der Waals surface area contributed by atoms with Crippen LogP contribution in [0.15, 0.2) is 42.6 Å². The minimum Gasteiger partial charge on any atom is -0.371 e. The predicted octanol–water partition coefficient (Wildman–Crippen LogP) is 3.17. The van der Waals surface area contributed by atoms with E-state index >= 15 is 0 Å². The molecule has 22 heavy (non-hydrogen) atoms. The highest BCUT2D eigenvalue weighted by atomic mass is 16.1. The molecule has 0 fully saturated rings. The zero-order valence-electron chi connectivity index (χ0n) is 13.5. The van der Waals surface area contributed by atoms with Crippen molar-refractivity contribution in [2.45, 2.75) is 27.3 Å². The summed E-state index contributed by atoms with van der Waals surface area (Å²) in [5.41, 5.74) is 3.79. The van der Waals surface area contributed by atoms with Gasteiger partial charge in [0.1, 0.15) is 5.69 Å². The van der Waals surface area contributed by atoms with Gasteiger partial charge >= 0.3 is 0 Å². The van der Waals surface area contributed by atoms with E-state index in [0.717, 1.165) is 24.3 Å². The molecule has 0 aliphatic carbocycles. The molecule has 1 aromatic heterocycles. The van der Waals surface area contributed by atoms with Crippen LogP contribution in [-0.4, -0.2) is 24.0 Å². The van der Waals surface area contributed by atoms with Crippen molar-refractivity contribution < 1.29 is 4.79 Å². The number of hydrogen-bond acceptors (Lipinski definition) is 3. The van der Waals surface area contributed by atoms with Gasteiger partial charge in [0.2, 0.25) is 0 Å². The van der Waals surface area contributed by atoms with Crippen molar-refractivity contribution >= 4 is 11.6 Å². The van der Waals surface area contributed by atoms with Gasteiger partial charge in [0.05, 0.1) is 11.9 Å². The van der Waals surface area contributed by atoms with Crippen LogP contribution in [0.3, 0.4) is 0 Å². The first-order valence-electron chi connectivity index (χ1n) is 7.69. The van der Waals surface area contributed by atoms with Crippen LogP contribution in [0.2, 0.25) is 0 Å². The Labute approximate surface area is 132 Å². The lowest BCUT2D eigenvalue weighted by atomic mass is 10.1. The lowest BCUT2D eigenvalue weighted by Crippen LogP contribution is -2.25. The first kappa shape index (κ1) is 16.0. The number of carbonyl (C=O) groups excluding carboxylic acids is 1. The Morgan fingerprint density at radius 1 is 1.14 bits per heavy atom. The molecule has 0 unspecified atom stereocenters. The number of carbonyl (C=O) groups is 1. The molecule has 1 heterocycles. The lowest BCUT2D eigenvalue weighted by Gasteiger charge is -2.20. The van der Waals surface area contributed by atoms with E-state index in [0.29, 0.717) is 12.2 Å². The third-order valence-corrected chi connectivity index (χ3v) is 3.81. The SMILES string of the molecule is CCN(CC)c1ccc(C(=O)NCc2ccccc2C)nc1. The highest BCUT2D eigenvalue weighted by Crippen LogP contribution is 2.12. The summed E-state index contributed by atoms with van der Waals surface area (Å²) in [7, 11) is 0. The lowest BCUT2D eigenvalue weighted by molar-refractivity contribution is 0.0946. The predicted molar refractivity (Wildman–Crippen MR) is 90.1 cm³/mol. The summed E-state index contributed by atoms with van der Waals surface area (Å²) in [5, 5.41) is 2.92. The molecular weight excluding hydrogens is 274 g/mol. The van der Waals surface area contributed by atoms with Gasteiger partial charge in [-0.3, -0.25) is 4.79 Å². The fourth-order valence-corrected chi connectivity index (χ4v) is 2.37. The second-order valence-electron chi connectivity index (χ2n) is 5.18. The maximum absolute atomic E-state index is 12.2. The summed E-state index contributed by atoms with van der Waals surface area (Å²) in [4.78, 5) is 18.6. The molecule has 1 aromatic carbocycles. The van der Waals surface area contributed by atoms with E-state index in [9.17, 15) is 4.79 Å². The van der Waals surface area contributed by atoms with Crippen LogP contribution in [0.4, 0.5) is 5.69 Å². The van der Waals surface area contributed by atoms with Crippen molar-refractivity contribution in [3.05, 3.63) is 59.4 Å². The summed E-state index contributed by atoms with van der Waals surface area (Å²) in [6, 6.07) is 11.8. The average molecular weight is 297 g/mol. The van der Waals surface area contributed by atoms with E-state index in [2.05, 4.69) is 29.0 Å². The Bertz CT molecular complexity index is 618. The van der Waals surface area contributed by atoms with Crippen molar-refractivity contribution in [2.24, 2.45) is 0 Å². The summed E-state index contributed by atoms with van der Waals surface area (Å²) in [5.74, 6) is -0.144. The summed E-state index contributed by atoms with van der Waals surface area (Å²) in [6.45, 7) is 8.62. The molecule has 1 N–H and O–H groups in total. The molecule has 4 nitrogen and oxygen atoms in total. The van der Waals surface area contributed by atoms with Gasteiger partial charge in [0.15, 0.2) is 0 Å². The minimum atomic E-state index is -0.144. The number of benzene rings is 1. The Morgan fingerprint density at radius 2 is 1.86 bits per heavy atom. The number of anilines is 1. The molecule has 2 aromatic rings. The van der Waals surface area contributed by atoms with E-state index in [1.807, 2.05) is 37.3 Å². The van der Waals surface area contributed by atoms with Gasteiger partial charge in [-0.1, -0.05) is 24.3 Å². The third kappa shape index (κ3) is 3.85. The number of hydrogen-bond donors (Lipinski definition) is 1. The summed E-state index contributed by atoms with van der Waals surface area (Å²) < 4.78 is 0. The quantitative estimate of drug-likeness (QED) is 0.891. The van der Waals surface area contributed by atoms with Gasteiger partial charge in [-0.2, -0.15) is 0 Å². The Hall–Kier alpha value is -2.36. The highest BCUT2D eigenvalue weighted by Gasteiger charge is 2.09. The van der Waals surface area contributed by atoms with Crippen molar-refractivity contribution in [3.8, 4) is 0 Å². The smallest absolute Gasteiger partial charge is 0.270 e. The number of nitrogens with zero attached hydrogens (tertiary/aromatic N) is 2. The molecule has 4 heteroatoms. The van der Waals surface area contributed by atoms with Crippen LogP contribution in [0.5, 0.6) is 0 Å². The summed E-state index contributed by atoms with van der Waals surface area (Å²) in [6.07, 6.45) is 1.76. The molecular formula is C18H23N3O. The molecule has 0 radical (unpaired) electrons. The van der Waals surface area contributed by atoms with E-state index in [1.165, 1.54) is 5.56 Å². The fraction of sp³-hybridized carbons (Fsp3) is 0.333. The molecule has 0 aliphatic rings. The molecule has 0 aliphatic heterocycles. The second kappa shape index (κ2) is 7.59. The first-order valence-corrected chi connectivity index (χ1v) is 7.69. The number of aryl methyl sites for hydroxylation is 1. The number of aromatic nitrogens is 1. The van der Waals surface area contributed by atoms with Gasteiger partial charge in [0, 0.05) is 19.6 Å². The van der Waals surface area contributed by atoms with Crippen molar-refractivity contribution in [3.63, 3.8) is 0 Å². The normalized spacial score (nSPS) is 10.3. The van der Waals surface area contributed by atoms with Gasteiger partial charge in [-0.15, -0.1) is 0 Å². The van der Waals surface area contributed by atoms with Crippen molar-refractivity contribution in [1.29, 1.82) is 0 Å². The maximum Gasteiger partial charge on any atom is 0.270 e. The van der Waals surface area contributed by atoms with E-state index in [4.69, 9.17) is 0 Å². The van der Waals surface area contributed by atoms with E-state index in [1.54, 1.807) is 12.3 Å². The van der Waals surface area contributed by atoms with Crippen molar-refractivity contribution in [1.82, 2.24) is 10.3 Å². The second-order valence-corrected chi connectivity index (χ2v) is 5.18. The summed E-state index contributed by atoms with van der Waals surface area (Å²) >= 11 is 0. The highest BCUT2D eigenvalue weighted by molar-refractivity contribution is 5.92. The third-order valence-electron chi connectivity index (χ3n) is 3.81. The van der Waals surface area contributed by atoms with Crippen LogP contribution in [0.1, 0.15) is 35.5 Å². The van der Waals surface area contributed by atoms with Crippen LogP contribution in [0, 0.1) is 6.92 Å². The number of pyridine rings is 1. The largest absolute Gasteiger partial charge is 0.371 e. The van der Waals surface area contributed by atoms with Gasteiger partial charge in [-0.05, 0) is 44.0 Å². The van der Waals surface area contributed by atoms with Gasteiger partial charge < -0.3 is 10.2 Å². The molecule has 0 spiro atoms. The molecule has 116 valence electrons. The Kier molecular flexibility index (Phi) is 5.53. The standard InChI is InChI=1S/C18H23N3O/c1-4-21(5-2)16-10-11-17(19-13-16)18(22)20-12-15-9-7-6-8-14(15)3/h6-11,13H,4-5,12H2,1-3H3,(H,20,22). The van der Waals surface area contributed by atoms with Crippen LogP contribution in [0.25, 0.3) is 0 Å². The zero-order chi connectivity index (χ0) is 15.9. The Morgan fingerprint density at radius 3 is 2.45 bits per heavy atom. The molecule has 2 rings (SSSR count). The van der Waals surface area contributed by atoms with Crippen LogP contribution < -0.4 is 10.2 Å². The number of rotatable bonds is 6. The van der Waals surface area contributed by atoms with E-state index < -0.39 is 0 Å². The van der Waals surface area contributed by atoms with Gasteiger partial charge in [-0.25, -0.2) is 4.98 Å². The topological polar surface area (TPSA) is 45.2 Å². The number of amides is 1. The van der Waals surface area contributed by atoms with Gasteiger partial charge in [0.25, 0.3) is 5.91 Å². The monoisotopic (exact) mass is 297 g/mol. The first-order chi connectivity index (χ1) is 10.7. The minimum absolute atomic E-state index is 0.144. The molecule has 1 amide bonds. The number of nitrogens with one attached hydrogen (secondary N) is 1. The van der Waals surface area contributed by atoms with Crippen LogP contribution in [-0.2, 0) is 6.54 Å². The maximum atomic E-state index is 12.2. The van der Waals surface area contributed by atoms with Crippen molar-refractivity contribution in [2.75, 3.05) is 18.0 Å².